The fourth-order valence-electron chi connectivity index (χ4n) is 4.47. The van der Waals surface area contributed by atoms with E-state index in [1.54, 1.807) is 0 Å². The van der Waals surface area contributed by atoms with Crippen LogP contribution in [0.4, 0.5) is 4.79 Å². The summed E-state index contributed by atoms with van der Waals surface area (Å²) >= 11 is 0. The molecule has 3 rings (SSSR count). The summed E-state index contributed by atoms with van der Waals surface area (Å²) in [5.74, 6) is -1.08. The molecule has 1 atom stereocenters. The second-order valence-corrected chi connectivity index (χ2v) is 7.86. The van der Waals surface area contributed by atoms with Gasteiger partial charge in [-0.05, 0) is 39.2 Å². The maximum absolute atomic E-state index is 12.9. The van der Waals surface area contributed by atoms with Gasteiger partial charge in [0.25, 0.3) is 0 Å². The molecule has 8 heteroatoms. The summed E-state index contributed by atoms with van der Waals surface area (Å²) in [6.45, 7) is 3.97. The van der Waals surface area contributed by atoms with Gasteiger partial charge in [-0.3, -0.25) is 14.5 Å². The Morgan fingerprint density at radius 2 is 1.73 bits per heavy atom. The number of carbonyl (C=O) groups is 3. The van der Waals surface area contributed by atoms with Gasteiger partial charge in [-0.1, -0.05) is 0 Å². The van der Waals surface area contributed by atoms with Gasteiger partial charge in [-0.15, -0.1) is 0 Å². The van der Waals surface area contributed by atoms with Crippen LogP contribution >= 0.6 is 0 Å². The number of piperazine rings is 1. The van der Waals surface area contributed by atoms with E-state index in [1.807, 2.05) is 9.80 Å². The molecule has 0 radical (unpaired) electrons. The number of rotatable bonds is 2. The molecular formula is C18H30N4O4. The van der Waals surface area contributed by atoms with E-state index < -0.39 is 5.97 Å². The number of hydrogen-bond donors (Lipinski definition) is 1. The van der Waals surface area contributed by atoms with E-state index >= 15 is 0 Å². The first-order valence-electron chi connectivity index (χ1n) is 9.66. The van der Waals surface area contributed by atoms with E-state index in [0.29, 0.717) is 38.9 Å². The van der Waals surface area contributed by atoms with Crippen molar-refractivity contribution in [3.8, 4) is 0 Å². The van der Waals surface area contributed by atoms with Gasteiger partial charge >= 0.3 is 12.0 Å². The van der Waals surface area contributed by atoms with E-state index in [0.717, 1.165) is 32.5 Å². The van der Waals surface area contributed by atoms with E-state index in [9.17, 15) is 14.4 Å². The zero-order valence-corrected chi connectivity index (χ0v) is 15.7. The topological polar surface area (TPSA) is 84.4 Å². The Kier molecular flexibility index (Phi) is 5.70. The maximum atomic E-state index is 12.9. The molecule has 26 heavy (non-hydrogen) atoms. The monoisotopic (exact) mass is 366 g/mol. The zero-order valence-electron chi connectivity index (χ0n) is 15.7. The highest BCUT2D eigenvalue weighted by atomic mass is 16.4. The van der Waals surface area contributed by atoms with Gasteiger partial charge in [0.15, 0.2) is 0 Å². The average molecular weight is 366 g/mol. The van der Waals surface area contributed by atoms with Crippen LogP contribution in [0, 0.1) is 0 Å². The lowest BCUT2D eigenvalue weighted by atomic mass is 9.86. The van der Waals surface area contributed by atoms with Gasteiger partial charge in [0.1, 0.15) is 6.54 Å². The van der Waals surface area contributed by atoms with Crippen LogP contribution in [-0.4, -0.2) is 101 Å². The number of amides is 3. The SMILES string of the molecule is CN1CCN(C(=O)N2CCCCC2)C[C@@]12CCC(=O)N(CC(=O)O)CC2. The maximum Gasteiger partial charge on any atom is 0.323 e. The number of aliphatic carboxylic acids is 1. The van der Waals surface area contributed by atoms with Crippen molar-refractivity contribution in [1.82, 2.24) is 19.6 Å². The minimum Gasteiger partial charge on any atom is -0.480 e. The summed E-state index contributed by atoms with van der Waals surface area (Å²) in [7, 11) is 2.06. The lowest BCUT2D eigenvalue weighted by molar-refractivity contribution is -0.144. The van der Waals surface area contributed by atoms with Crippen molar-refractivity contribution in [2.45, 2.75) is 44.1 Å². The second-order valence-electron chi connectivity index (χ2n) is 7.86. The molecule has 3 heterocycles. The summed E-state index contributed by atoms with van der Waals surface area (Å²) in [6, 6.07) is 0.121. The number of likely N-dealkylation sites (tertiary alicyclic amines) is 2. The minimum atomic E-state index is -0.979. The Labute approximate surface area is 154 Å². The number of hydrogen-bond acceptors (Lipinski definition) is 4. The third kappa shape index (κ3) is 3.95. The molecule has 3 saturated heterocycles. The molecular weight excluding hydrogens is 336 g/mol. The van der Waals surface area contributed by atoms with Crippen LogP contribution in [0.3, 0.4) is 0 Å². The minimum absolute atomic E-state index is 0.0999. The molecule has 0 aromatic carbocycles. The van der Waals surface area contributed by atoms with Crippen LogP contribution in [-0.2, 0) is 9.59 Å². The first-order valence-corrected chi connectivity index (χ1v) is 9.66. The van der Waals surface area contributed by atoms with Gasteiger partial charge in [-0.2, -0.15) is 0 Å². The largest absolute Gasteiger partial charge is 0.480 e. The Morgan fingerprint density at radius 1 is 1.00 bits per heavy atom. The molecule has 0 aromatic rings. The Bertz CT molecular complexity index is 563. The van der Waals surface area contributed by atoms with Gasteiger partial charge in [0.2, 0.25) is 5.91 Å². The van der Waals surface area contributed by atoms with Crippen molar-refractivity contribution in [3.63, 3.8) is 0 Å². The van der Waals surface area contributed by atoms with Crippen LogP contribution < -0.4 is 0 Å². The molecule has 0 aliphatic carbocycles. The first kappa shape index (κ1) is 18.9. The van der Waals surface area contributed by atoms with Crippen molar-refractivity contribution < 1.29 is 19.5 Å². The number of carbonyl (C=O) groups excluding carboxylic acids is 2. The number of urea groups is 1. The molecule has 0 unspecified atom stereocenters. The van der Waals surface area contributed by atoms with Crippen molar-refractivity contribution in [2.24, 2.45) is 0 Å². The fourth-order valence-corrected chi connectivity index (χ4v) is 4.47. The third-order valence-electron chi connectivity index (χ3n) is 6.23. The van der Waals surface area contributed by atoms with Gasteiger partial charge < -0.3 is 19.8 Å². The molecule has 3 aliphatic rings. The molecule has 146 valence electrons. The van der Waals surface area contributed by atoms with Crippen LogP contribution in [0.25, 0.3) is 0 Å². The van der Waals surface area contributed by atoms with Crippen LogP contribution in [0.15, 0.2) is 0 Å². The summed E-state index contributed by atoms with van der Waals surface area (Å²) < 4.78 is 0. The smallest absolute Gasteiger partial charge is 0.323 e. The van der Waals surface area contributed by atoms with E-state index in [4.69, 9.17) is 5.11 Å². The van der Waals surface area contributed by atoms with Crippen molar-refractivity contribution >= 4 is 17.9 Å². The van der Waals surface area contributed by atoms with E-state index in [2.05, 4.69) is 11.9 Å². The molecule has 1 N–H and O–H groups in total. The molecule has 0 bridgehead atoms. The van der Waals surface area contributed by atoms with Crippen LogP contribution in [0.1, 0.15) is 38.5 Å². The highest BCUT2D eigenvalue weighted by Gasteiger charge is 2.44. The highest BCUT2D eigenvalue weighted by molar-refractivity contribution is 5.81. The number of likely N-dealkylation sites (N-methyl/N-ethyl adjacent to an activating group) is 1. The summed E-state index contributed by atoms with van der Waals surface area (Å²) in [5.41, 5.74) is -0.243. The number of piperidine rings is 1. The fraction of sp³-hybridized carbons (Fsp3) is 0.833. The third-order valence-corrected chi connectivity index (χ3v) is 6.23. The molecule has 3 aliphatic heterocycles. The Hall–Kier alpha value is -1.83. The molecule has 0 saturated carbocycles. The quantitative estimate of drug-likeness (QED) is 0.777. The summed E-state index contributed by atoms with van der Waals surface area (Å²) in [6.07, 6.45) is 5.04. The lowest BCUT2D eigenvalue weighted by Crippen LogP contribution is -2.63. The first-order chi connectivity index (χ1) is 12.4. The number of carboxylic acid groups (broad SMARTS) is 1. The van der Waals surface area contributed by atoms with Crippen molar-refractivity contribution in [1.29, 1.82) is 0 Å². The number of nitrogens with zero attached hydrogens (tertiary/aromatic N) is 4. The van der Waals surface area contributed by atoms with Crippen LogP contribution in [0.2, 0.25) is 0 Å². The highest BCUT2D eigenvalue weighted by Crippen LogP contribution is 2.32. The van der Waals surface area contributed by atoms with Gasteiger partial charge in [-0.25, -0.2) is 4.79 Å². The molecule has 3 fully saturated rings. The standard InChI is InChI=1S/C18H30N4O4/c1-19-11-12-22(17(26)20-8-3-2-4-9-20)14-18(19)6-5-15(23)21(10-7-18)13-16(24)25/h2-14H2,1H3,(H,24,25)/t18-/m0/s1. The average Bonchev–Trinajstić information content (AvgIpc) is 2.78. The molecule has 1 spiro atoms. The second kappa shape index (κ2) is 7.82. The zero-order chi connectivity index (χ0) is 18.7. The normalized spacial score (nSPS) is 28.3. The van der Waals surface area contributed by atoms with Crippen molar-refractivity contribution in [2.75, 3.05) is 52.9 Å². The Morgan fingerprint density at radius 3 is 2.42 bits per heavy atom. The van der Waals surface area contributed by atoms with Crippen LogP contribution in [0.5, 0.6) is 0 Å². The van der Waals surface area contributed by atoms with Gasteiger partial charge in [0.05, 0.1) is 0 Å². The molecule has 3 amide bonds. The van der Waals surface area contributed by atoms with Crippen molar-refractivity contribution in [3.05, 3.63) is 0 Å². The molecule has 8 nitrogen and oxygen atoms in total. The van der Waals surface area contributed by atoms with Gasteiger partial charge in [0, 0.05) is 51.2 Å². The number of carboxylic acids is 1. The molecule has 0 aromatic heterocycles. The predicted octanol–water partition coefficient (Wildman–Crippen LogP) is 0.676. The van der Waals surface area contributed by atoms with E-state index in [1.165, 1.54) is 11.3 Å². The summed E-state index contributed by atoms with van der Waals surface area (Å²) in [5, 5.41) is 9.03. The lowest BCUT2D eigenvalue weighted by Gasteiger charge is -2.50. The van der Waals surface area contributed by atoms with E-state index in [-0.39, 0.29) is 24.0 Å². The summed E-state index contributed by atoms with van der Waals surface area (Å²) in [4.78, 5) is 43.9. The Balaban J connectivity index is 1.69. The predicted molar refractivity (Wildman–Crippen MR) is 95.8 cm³/mol.